The lowest BCUT2D eigenvalue weighted by atomic mass is 10.1. The molecule has 0 spiro atoms. The number of amides is 2. The highest BCUT2D eigenvalue weighted by Gasteiger charge is 2.14. The highest BCUT2D eigenvalue weighted by Crippen LogP contribution is 2.18. The third-order valence-electron chi connectivity index (χ3n) is 4.03. The number of pyridine rings is 1. The van der Waals surface area contributed by atoms with Crippen LogP contribution in [0.15, 0.2) is 72.9 Å². The van der Waals surface area contributed by atoms with Crippen molar-refractivity contribution < 1.29 is 14.3 Å². The number of para-hydroxylation sites is 1. The van der Waals surface area contributed by atoms with E-state index in [0.29, 0.717) is 29.3 Å². The Bertz CT molecular complexity index is 958. The number of ether oxygens (including phenoxy) is 1. The van der Waals surface area contributed by atoms with Crippen molar-refractivity contribution in [1.29, 1.82) is 0 Å². The van der Waals surface area contributed by atoms with E-state index in [0.717, 1.165) is 5.56 Å². The van der Waals surface area contributed by atoms with Gasteiger partial charge < -0.3 is 15.4 Å². The van der Waals surface area contributed by atoms with Gasteiger partial charge >= 0.3 is 0 Å². The van der Waals surface area contributed by atoms with E-state index in [-0.39, 0.29) is 18.4 Å². The summed E-state index contributed by atoms with van der Waals surface area (Å²) in [5, 5.41) is 5.66. The van der Waals surface area contributed by atoms with Crippen molar-refractivity contribution in [3.63, 3.8) is 0 Å². The number of aromatic nitrogens is 1. The van der Waals surface area contributed by atoms with Crippen LogP contribution in [-0.2, 0) is 6.54 Å². The minimum atomic E-state index is -0.296. The summed E-state index contributed by atoms with van der Waals surface area (Å²) in [6.45, 7) is 2.64. The molecule has 0 aliphatic carbocycles. The Kier molecular flexibility index (Phi) is 6.36. The molecule has 0 atom stereocenters. The van der Waals surface area contributed by atoms with Crippen LogP contribution >= 0.6 is 0 Å². The highest BCUT2D eigenvalue weighted by molar-refractivity contribution is 6.08. The minimum absolute atomic E-state index is 0.267. The van der Waals surface area contributed by atoms with Crippen LogP contribution < -0.4 is 15.4 Å². The Labute approximate surface area is 163 Å². The van der Waals surface area contributed by atoms with Gasteiger partial charge in [-0.05, 0) is 37.3 Å². The Morgan fingerprint density at radius 2 is 1.68 bits per heavy atom. The predicted molar refractivity (Wildman–Crippen MR) is 107 cm³/mol. The summed E-state index contributed by atoms with van der Waals surface area (Å²) in [6, 6.07) is 19.4. The normalized spacial score (nSPS) is 10.2. The average Bonchev–Trinajstić information content (AvgIpc) is 2.74. The molecule has 2 N–H and O–H groups in total. The van der Waals surface area contributed by atoms with Crippen LogP contribution in [0.5, 0.6) is 5.88 Å². The third kappa shape index (κ3) is 4.73. The number of carbonyl (C=O) groups is 2. The molecule has 1 heterocycles. The van der Waals surface area contributed by atoms with Crippen LogP contribution in [0.4, 0.5) is 5.69 Å². The van der Waals surface area contributed by atoms with Gasteiger partial charge in [-0.3, -0.25) is 9.59 Å². The Hall–Kier alpha value is -3.67. The van der Waals surface area contributed by atoms with Crippen LogP contribution in [0.2, 0.25) is 0 Å². The first-order valence-corrected chi connectivity index (χ1v) is 8.99. The predicted octanol–water partition coefficient (Wildman–Crippen LogP) is 3.66. The molecule has 2 amide bonds. The fraction of sp³-hybridized carbons (Fsp3) is 0.136. The molecule has 1 aromatic heterocycles. The lowest BCUT2D eigenvalue weighted by Crippen LogP contribution is -2.25. The van der Waals surface area contributed by atoms with Crippen LogP contribution in [0.25, 0.3) is 0 Å². The van der Waals surface area contributed by atoms with Crippen molar-refractivity contribution in [3.8, 4) is 5.88 Å². The second kappa shape index (κ2) is 9.32. The Balaban J connectivity index is 1.72. The van der Waals surface area contributed by atoms with E-state index < -0.39 is 0 Å². The topological polar surface area (TPSA) is 80.3 Å². The molecule has 6 nitrogen and oxygen atoms in total. The van der Waals surface area contributed by atoms with E-state index >= 15 is 0 Å². The molecule has 142 valence electrons. The molecule has 3 rings (SSSR count). The molecule has 0 saturated carbocycles. The van der Waals surface area contributed by atoms with Gasteiger partial charge in [0.2, 0.25) is 5.88 Å². The Morgan fingerprint density at radius 3 is 2.46 bits per heavy atom. The zero-order valence-electron chi connectivity index (χ0n) is 15.5. The first-order valence-electron chi connectivity index (χ1n) is 8.99. The van der Waals surface area contributed by atoms with E-state index in [1.807, 2.05) is 19.1 Å². The molecule has 3 aromatic rings. The number of nitrogens with zero attached hydrogens (tertiary/aromatic N) is 1. The molecule has 6 heteroatoms. The number of anilines is 1. The number of hydrogen-bond donors (Lipinski definition) is 2. The standard InChI is InChI=1S/C22H21N3O3/c1-2-28-22-17(11-8-14-23-22)15-24-21(27)18-12-6-7-13-19(18)25-20(26)16-9-4-3-5-10-16/h3-14H,2,15H2,1H3,(H,24,27)(H,25,26). The number of benzene rings is 2. The van der Waals surface area contributed by atoms with Crippen molar-refractivity contribution in [2.45, 2.75) is 13.5 Å². The van der Waals surface area contributed by atoms with Crippen molar-refractivity contribution in [2.24, 2.45) is 0 Å². The zero-order valence-corrected chi connectivity index (χ0v) is 15.5. The molecule has 0 aliphatic rings. The zero-order chi connectivity index (χ0) is 19.8. The molecule has 28 heavy (non-hydrogen) atoms. The van der Waals surface area contributed by atoms with Gasteiger partial charge in [0.1, 0.15) is 0 Å². The van der Waals surface area contributed by atoms with Gasteiger partial charge in [0.15, 0.2) is 0 Å². The first kappa shape index (κ1) is 19.1. The Morgan fingerprint density at radius 1 is 0.929 bits per heavy atom. The van der Waals surface area contributed by atoms with Gasteiger partial charge in [0.05, 0.1) is 17.9 Å². The van der Waals surface area contributed by atoms with Crippen molar-refractivity contribution >= 4 is 17.5 Å². The molecule has 0 bridgehead atoms. The SMILES string of the molecule is CCOc1ncccc1CNC(=O)c1ccccc1NC(=O)c1ccccc1. The number of rotatable bonds is 7. The lowest BCUT2D eigenvalue weighted by Gasteiger charge is -2.13. The number of hydrogen-bond acceptors (Lipinski definition) is 4. The smallest absolute Gasteiger partial charge is 0.255 e. The molecular formula is C22H21N3O3. The van der Waals surface area contributed by atoms with E-state index in [1.165, 1.54) is 0 Å². The van der Waals surface area contributed by atoms with Gasteiger partial charge in [0, 0.05) is 23.9 Å². The second-order valence-electron chi connectivity index (χ2n) is 5.95. The second-order valence-corrected chi connectivity index (χ2v) is 5.95. The first-order chi connectivity index (χ1) is 13.7. The molecular weight excluding hydrogens is 354 g/mol. The summed E-state index contributed by atoms with van der Waals surface area (Å²) in [7, 11) is 0. The van der Waals surface area contributed by atoms with Crippen LogP contribution in [0, 0.1) is 0 Å². The molecule has 0 radical (unpaired) electrons. The van der Waals surface area contributed by atoms with Gasteiger partial charge in [-0.25, -0.2) is 4.98 Å². The fourth-order valence-electron chi connectivity index (χ4n) is 2.67. The maximum atomic E-state index is 12.7. The maximum Gasteiger partial charge on any atom is 0.255 e. The van der Waals surface area contributed by atoms with Crippen molar-refractivity contribution in [3.05, 3.63) is 89.6 Å². The lowest BCUT2D eigenvalue weighted by molar-refractivity contribution is 0.0951. The monoisotopic (exact) mass is 375 g/mol. The van der Waals surface area contributed by atoms with Crippen molar-refractivity contribution in [1.82, 2.24) is 10.3 Å². The van der Waals surface area contributed by atoms with E-state index in [9.17, 15) is 9.59 Å². The van der Waals surface area contributed by atoms with Gasteiger partial charge in [-0.1, -0.05) is 36.4 Å². The van der Waals surface area contributed by atoms with Crippen LogP contribution in [0.1, 0.15) is 33.2 Å². The van der Waals surface area contributed by atoms with Crippen molar-refractivity contribution in [2.75, 3.05) is 11.9 Å². The van der Waals surface area contributed by atoms with Gasteiger partial charge in [-0.2, -0.15) is 0 Å². The number of carbonyl (C=O) groups excluding carboxylic acids is 2. The molecule has 2 aromatic carbocycles. The van der Waals surface area contributed by atoms with Gasteiger partial charge in [-0.15, -0.1) is 0 Å². The minimum Gasteiger partial charge on any atom is -0.478 e. The van der Waals surface area contributed by atoms with Gasteiger partial charge in [0.25, 0.3) is 11.8 Å². The quantitative estimate of drug-likeness (QED) is 0.660. The van der Waals surface area contributed by atoms with E-state index in [1.54, 1.807) is 60.8 Å². The van der Waals surface area contributed by atoms with E-state index in [4.69, 9.17) is 4.74 Å². The molecule has 0 saturated heterocycles. The van der Waals surface area contributed by atoms with Crippen LogP contribution in [0.3, 0.4) is 0 Å². The fourth-order valence-corrected chi connectivity index (χ4v) is 2.67. The highest BCUT2D eigenvalue weighted by atomic mass is 16.5. The molecule has 0 aliphatic heterocycles. The summed E-state index contributed by atoms with van der Waals surface area (Å²) in [5.74, 6) is -0.0713. The molecule has 0 fully saturated rings. The summed E-state index contributed by atoms with van der Waals surface area (Å²) >= 11 is 0. The largest absolute Gasteiger partial charge is 0.478 e. The van der Waals surface area contributed by atoms with Crippen LogP contribution in [-0.4, -0.2) is 23.4 Å². The average molecular weight is 375 g/mol. The van der Waals surface area contributed by atoms with E-state index in [2.05, 4.69) is 15.6 Å². The molecule has 0 unspecified atom stereocenters. The summed E-state index contributed by atoms with van der Waals surface area (Å²) < 4.78 is 5.48. The maximum absolute atomic E-state index is 12.7. The summed E-state index contributed by atoms with van der Waals surface area (Å²) in [4.78, 5) is 29.3. The summed E-state index contributed by atoms with van der Waals surface area (Å²) in [6.07, 6.45) is 1.64. The number of nitrogens with one attached hydrogen (secondary N) is 2. The third-order valence-corrected chi connectivity index (χ3v) is 4.03. The summed E-state index contributed by atoms with van der Waals surface area (Å²) in [5.41, 5.74) is 2.14.